The van der Waals surface area contributed by atoms with Gasteiger partial charge in [0, 0.05) is 84.9 Å². The fraction of sp³-hybridized carbons (Fsp3) is 0.472. The van der Waals surface area contributed by atoms with Crippen LogP contribution >= 0.6 is 82.4 Å². The van der Waals surface area contributed by atoms with Crippen molar-refractivity contribution in [1.82, 2.24) is 19.6 Å². The fourth-order valence-electron chi connectivity index (χ4n) is 13.4. The van der Waals surface area contributed by atoms with E-state index in [1.165, 1.54) is 93.6 Å². The van der Waals surface area contributed by atoms with E-state index in [-0.39, 0.29) is 97.8 Å². The van der Waals surface area contributed by atoms with Gasteiger partial charge in [0.25, 0.3) is 35.0 Å². The first-order chi connectivity index (χ1) is 48.7. The number of non-ortho nitro benzene ring substituents is 2. The third-order valence-electron chi connectivity index (χ3n) is 19.1. The van der Waals surface area contributed by atoms with Gasteiger partial charge in [-0.15, -0.1) is 82.4 Å². The number of thioether (sulfide) groups is 1. The molecule has 4 unspecified atom stereocenters. The molecule has 4 fully saturated rings. The summed E-state index contributed by atoms with van der Waals surface area (Å²) in [5.74, 6) is 2.73. The van der Waals surface area contributed by atoms with Crippen molar-refractivity contribution in [2.24, 2.45) is 0 Å². The number of nitrogens with zero attached hydrogens (tertiary/aromatic N) is 9. The molecular formula is C72H94Cl2IN13O12S3. The van der Waals surface area contributed by atoms with Crippen LogP contribution in [0.25, 0.3) is 0 Å². The fourth-order valence-corrected chi connectivity index (χ4v) is 15.5. The lowest BCUT2D eigenvalue weighted by molar-refractivity contribution is -0.385. The summed E-state index contributed by atoms with van der Waals surface area (Å²) in [5, 5.41) is 44.1. The molecule has 4 aromatic carbocycles. The second-order valence-corrected chi connectivity index (χ2v) is 28.9. The van der Waals surface area contributed by atoms with E-state index in [2.05, 4.69) is 53.1 Å². The number of nitro benzene ring substituents is 2. The molecule has 14 rings (SSSR count). The van der Waals surface area contributed by atoms with E-state index in [1.807, 2.05) is 81.4 Å². The summed E-state index contributed by atoms with van der Waals surface area (Å²) in [5.41, 5.74) is 10.8. The van der Waals surface area contributed by atoms with Gasteiger partial charge in [-0.05, 0) is 203 Å². The summed E-state index contributed by atoms with van der Waals surface area (Å²) in [6.45, 7) is 6.81. The Morgan fingerprint density at radius 3 is 1.41 bits per heavy atom. The molecule has 0 bridgehead atoms. The SMILES string of the molecule is CN1CCCC1CCCl.CN1CCCC1CCN1C(=O)COc2cc(CC(=N)c3cccs3)ccc21.CN1CCCC1CCN1C(=O)COc2cc(N)ccc21.CN1CCCC1CCN1C(=O)COc2cc([N+](=O)[O-])ccc21.CSC(=N)c1cccs1.Cl.I.O=C1COc2cc([N+](=O)[O-])ccc2N1. The lowest BCUT2D eigenvalue weighted by Crippen LogP contribution is -2.41. The number of alkyl halides is 1. The number of fused-ring (bicyclic) bond motifs is 4. The van der Waals surface area contributed by atoms with E-state index in [0.717, 1.165) is 109 Å². The highest BCUT2D eigenvalue weighted by molar-refractivity contribution is 14.0. The molecule has 0 spiro atoms. The topological polar surface area (TPSA) is 300 Å². The van der Waals surface area contributed by atoms with E-state index >= 15 is 0 Å². The van der Waals surface area contributed by atoms with Gasteiger partial charge in [-0.25, -0.2) is 0 Å². The van der Waals surface area contributed by atoms with Gasteiger partial charge in [0.15, 0.2) is 32.2 Å². The number of nitro groups is 2. The Morgan fingerprint density at radius 2 is 0.981 bits per heavy atom. The monoisotopic (exact) mass is 1630 g/mol. The number of ether oxygens (including phenoxy) is 4. The number of likely N-dealkylation sites (tertiary alicyclic amines) is 4. The second kappa shape index (κ2) is 40.9. The van der Waals surface area contributed by atoms with E-state index in [4.69, 9.17) is 47.1 Å². The number of amides is 4. The number of rotatable bonds is 17. The molecule has 31 heteroatoms. The lowest BCUT2D eigenvalue weighted by atomic mass is 10.0. The number of halogens is 3. The van der Waals surface area contributed by atoms with Crippen LogP contribution in [0.1, 0.15) is 92.4 Å². The zero-order chi connectivity index (χ0) is 72.1. The predicted molar refractivity (Wildman–Crippen MR) is 425 cm³/mol. The van der Waals surface area contributed by atoms with Crippen LogP contribution in [0.4, 0.5) is 39.8 Å². The number of nitrogens with one attached hydrogen (secondary N) is 3. The highest BCUT2D eigenvalue weighted by atomic mass is 127. The summed E-state index contributed by atoms with van der Waals surface area (Å²) in [6.07, 6.45) is 16.6. The van der Waals surface area contributed by atoms with E-state index < -0.39 is 9.85 Å². The highest BCUT2D eigenvalue weighted by Crippen LogP contribution is 2.39. The van der Waals surface area contributed by atoms with Crippen LogP contribution in [0.15, 0.2) is 108 Å². The molecule has 5 N–H and O–H groups in total. The van der Waals surface area contributed by atoms with Gasteiger partial charge >= 0.3 is 0 Å². The number of nitrogens with two attached hydrogens (primary N) is 1. The molecule has 10 heterocycles. The maximum atomic E-state index is 12.4. The van der Waals surface area contributed by atoms with E-state index in [9.17, 15) is 39.4 Å². The minimum Gasteiger partial charge on any atom is -0.482 e. The van der Waals surface area contributed by atoms with Crippen LogP contribution in [-0.2, 0) is 25.6 Å². The van der Waals surface area contributed by atoms with Crippen molar-refractivity contribution in [3.8, 4) is 23.0 Å². The summed E-state index contributed by atoms with van der Waals surface area (Å²) in [6, 6.07) is 30.2. The highest BCUT2D eigenvalue weighted by Gasteiger charge is 2.33. The Labute approximate surface area is 642 Å². The number of nitrogen functional groups attached to an aromatic ring is 1. The standard InChI is InChI=1S/C21H25N3O2S.C15H19N3O4.C15H21N3O2.C8H6N2O4.C7H14ClN.C6H7NS2.ClH.HI/c1-23-9-2-4-16(23)8-10-24-18-7-6-15(13-19(18)26-14-21(24)25)12-17(22)20-5-3-11-27-20;1-16-7-2-3-11(16)6-8-17-13-5-4-12(18(20)21)9-14(13)22-10-15(17)19;1-17-7-2-3-12(17)6-8-18-13-5-4-11(16)9-14(13)20-10-15(18)19;11-8-4-14-7-3-5(10(12)13)1-2-6(7)9-8;1-9-6-2-3-7(9)4-5-8;1-8-6(7)5-3-2-4-9-5;;/h3,5-7,11,13,16,22H,2,4,8-10,12,14H2,1H3;4-5,9,11H,2-3,6-8,10H2,1H3;4-5,9,12H,2-3,6-8,10,16H2,1H3;1-3H,4H2,(H,9,11);7H,2-6H2,1H3;2-4,7H,1H3;2*1H. The minimum atomic E-state index is -0.514. The van der Waals surface area contributed by atoms with Crippen molar-refractivity contribution in [3.05, 3.63) is 143 Å². The first-order valence-corrected chi connectivity index (χ1v) is 37.7. The van der Waals surface area contributed by atoms with Crippen molar-refractivity contribution >= 4 is 157 Å². The number of carbonyl (C=O) groups is 4. The molecular weight excluding hydrogens is 1530 g/mol. The van der Waals surface area contributed by atoms with Crippen molar-refractivity contribution in [1.29, 1.82) is 10.8 Å². The van der Waals surface area contributed by atoms with Crippen molar-refractivity contribution in [2.45, 2.75) is 108 Å². The van der Waals surface area contributed by atoms with Crippen LogP contribution in [0.5, 0.6) is 23.0 Å². The summed E-state index contributed by atoms with van der Waals surface area (Å²) >= 11 is 10.3. The average molecular weight is 1630 g/mol. The van der Waals surface area contributed by atoms with E-state index in [0.29, 0.717) is 76.2 Å². The molecule has 0 saturated carbocycles. The largest absolute Gasteiger partial charge is 0.482 e. The first kappa shape index (κ1) is 83.1. The van der Waals surface area contributed by atoms with Crippen LogP contribution in [-0.4, -0.2) is 201 Å². The quantitative estimate of drug-likeness (QED) is 0.0125. The Balaban J connectivity index is 0.000000179. The molecule has 4 amide bonds. The molecule has 2 aromatic heterocycles. The van der Waals surface area contributed by atoms with E-state index in [1.54, 1.807) is 39.7 Å². The summed E-state index contributed by atoms with van der Waals surface area (Å²) in [4.78, 5) is 84.7. The van der Waals surface area contributed by atoms with Crippen molar-refractivity contribution < 1.29 is 48.0 Å². The van der Waals surface area contributed by atoms with Gasteiger partial charge in [-0.2, -0.15) is 0 Å². The normalized spacial score (nSPS) is 19.5. The Kier molecular flexibility index (Phi) is 33.0. The molecule has 0 radical (unpaired) electrons. The van der Waals surface area contributed by atoms with Crippen LogP contribution in [0.2, 0.25) is 0 Å². The Hall–Kier alpha value is -7.20. The van der Waals surface area contributed by atoms with Crippen molar-refractivity contribution in [3.63, 3.8) is 0 Å². The van der Waals surface area contributed by atoms with Gasteiger partial charge < -0.3 is 69.7 Å². The molecule has 25 nitrogen and oxygen atoms in total. The molecule has 103 heavy (non-hydrogen) atoms. The predicted octanol–water partition coefficient (Wildman–Crippen LogP) is 13.0. The average Bonchev–Trinajstić information content (AvgIpc) is 1.43. The molecule has 4 saturated heterocycles. The van der Waals surface area contributed by atoms with Crippen LogP contribution < -0.4 is 44.7 Å². The first-order valence-electron chi connectivity index (χ1n) is 34.1. The second-order valence-electron chi connectivity index (χ2n) is 25.8. The van der Waals surface area contributed by atoms with Gasteiger partial charge in [0.1, 0.15) is 22.3 Å². The number of anilines is 5. The number of thiophene rings is 2. The molecule has 8 aliphatic heterocycles. The third kappa shape index (κ3) is 23.4. The maximum Gasteiger partial charge on any atom is 0.273 e. The minimum absolute atomic E-state index is 0. The molecule has 0 aliphatic carbocycles. The molecule has 8 aliphatic rings. The number of hydrogen-bond acceptors (Lipinski definition) is 22. The summed E-state index contributed by atoms with van der Waals surface area (Å²) in [7, 11) is 8.62. The molecule has 6 aromatic rings. The smallest absolute Gasteiger partial charge is 0.273 e. The number of carbonyl (C=O) groups excluding carboxylic acids is 4. The Bertz CT molecular complexity index is 3850. The maximum absolute atomic E-state index is 12.4. The van der Waals surface area contributed by atoms with Crippen LogP contribution in [0.3, 0.4) is 0 Å². The summed E-state index contributed by atoms with van der Waals surface area (Å²) < 4.78 is 21.5. The van der Waals surface area contributed by atoms with Crippen molar-refractivity contribution in [2.75, 3.05) is 138 Å². The zero-order valence-electron chi connectivity index (χ0n) is 58.8. The van der Waals surface area contributed by atoms with Crippen LogP contribution in [0, 0.1) is 31.0 Å². The molecule has 558 valence electrons. The zero-order valence-corrected chi connectivity index (χ0v) is 65.2. The van der Waals surface area contributed by atoms with Gasteiger partial charge in [-0.1, -0.05) is 18.2 Å². The Morgan fingerprint density at radius 1 is 0.573 bits per heavy atom. The lowest BCUT2D eigenvalue weighted by Gasteiger charge is -2.31. The third-order valence-corrected chi connectivity index (χ3v) is 21.9. The van der Waals surface area contributed by atoms with Gasteiger partial charge in [-0.3, -0.25) is 44.8 Å². The van der Waals surface area contributed by atoms with Gasteiger partial charge in [0.2, 0.25) is 0 Å². The number of hydrogen-bond donors (Lipinski definition) is 4. The molecule has 4 atom stereocenters. The number of benzene rings is 4. The van der Waals surface area contributed by atoms with Gasteiger partial charge in [0.05, 0.1) is 55.3 Å².